The van der Waals surface area contributed by atoms with Gasteiger partial charge in [0.15, 0.2) is 5.82 Å². The van der Waals surface area contributed by atoms with Gasteiger partial charge < -0.3 is 4.57 Å². The predicted molar refractivity (Wildman–Crippen MR) is 104 cm³/mol. The highest BCUT2D eigenvalue weighted by Crippen LogP contribution is 2.38. The fourth-order valence-electron chi connectivity index (χ4n) is 3.23. The molecule has 2 amide bonds. The van der Waals surface area contributed by atoms with Crippen molar-refractivity contribution in [2.24, 2.45) is 0 Å². The lowest BCUT2D eigenvalue weighted by molar-refractivity contribution is -0.143. The molecule has 0 saturated carbocycles. The van der Waals surface area contributed by atoms with Gasteiger partial charge in [0.25, 0.3) is 11.8 Å². The van der Waals surface area contributed by atoms with Crippen LogP contribution in [0.2, 0.25) is 0 Å². The first-order valence-electron chi connectivity index (χ1n) is 9.58. The number of nitrogens with zero attached hydrogens (tertiary/aromatic N) is 5. The third kappa shape index (κ3) is 4.79. The Hall–Kier alpha value is -4.10. The molecule has 1 aromatic carbocycles. The van der Waals surface area contributed by atoms with Crippen molar-refractivity contribution < 1.29 is 35.9 Å². The molecule has 3 aromatic rings. The summed E-state index contributed by atoms with van der Waals surface area (Å²) in [6.45, 7) is 0.700. The second-order valence-corrected chi connectivity index (χ2v) is 7.18. The number of hydrogen-bond acceptors (Lipinski definition) is 4. The molecule has 34 heavy (non-hydrogen) atoms. The minimum atomic E-state index is -5.01. The number of carbonyl (C=O) groups excluding carboxylic acids is 2. The van der Waals surface area contributed by atoms with Crippen LogP contribution in [0.15, 0.2) is 48.9 Å². The van der Waals surface area contributed by atoms with Gasteiger partial charge in [0.1, 0.15) is 12.0 Å². The highest BCUT2D eigenvalue weighted by atomic mass is 19.4. The average Bonchev–Trinajstić information content (AvgIpc) is 3.43. The van der Waals surface area contributed by atoms with E-state index >= 15 is 0 Å². The first kappa shape index (κ1) is 23.1. The number of benzene rings is 1. The molecular weight excluding hydrogens is 470 g/mol. The number of hydrazine groups is 1. The zero-order valence-corrected chi connectivity index (χ0v) is 16.9. The maximum absolute atomic E-state index is 13.1. The Balaban J connectivity index is 1.49. The maximum Gasteiger partial charge on any atom is 0.416 e. The van der Waals surface area contributed by atoms with E-state index in [1.54, 1.807) is 22.9 Å². The second kappa shape index (κ2) is 8.35. The minimum absolute atomic E-state index is 0.00350. The second-order valence-electron chi connectivity index (χ2n) is 7.18. The molecule has 0 fully saturated rings. The average molecular weight is 484 g/mol. The van der Waals surface area contributed by atoms with Gasteiger partial charge in [-0.2, -0.15) is 26.3 Å². The monoisotopic (exact) mass is 484 g/mol. The standard InChI is InChI=1S/C20H14F6N6O2/c21-19(22,23)13-8-12(9-14(10-13)20(24,25)26)17-27-11-31(29-17)5-3-16(33)28-32-7-6-30-4-1-2-15(30)18(32)34/h1-5,8-11H,6-7H2,(H,28,33)/b5-3-. The number of rotatable bonds is 4. The Kier molecular flexibility index (Phi) is 5.67. The van der Waals surface area contributed by atoms with Crippen molar-refractivity contribution in [2.45, 2.75) is 18.9 Å². The van der Waals surface area contributed by atoms with Crippen LogP contribution in [0.25, 0.3) is 17.6 Å². The van der Waals surface area contributed by atoms with Crippen molar-refractivity contribution >= 4 is 18.0 Å². The van der Waals surface area contributed by atoms with Crippen molar-refractivity contribution in [3.05, 3.63) is 65.8 Å². The van der Waals surface area contributed by atoms with Gasteiger partial charge in [-0.1, -0.05) is 0 Å². The van der Waals surface area contributed by atoms with E-state index in [0.29, 0.717) is 24.4 Å². The van der Waals surface area contributed by atoms with Crippen molar-refractivity contribution in [1.82, 2.24) is 29.8 Å². The number of hydrogen-bond donors (Lipinski definition) is 1. The lowest BCUT2D eigenvalue weighted by atomic mass is 10.0. The molecule has 14 heteroatoms. The van der Waals surface area contributed by atoms with Gasteiger partial charge >= 0.3 is 12.4 Å². The molecule has 0 radical (unpaired) electrons. The predicted octanol–water partition coefficient (Wildman–Crippen LogP) is 3.44. The largest absolute Gasteiger partial charge is 0.416 e. The molecule has 2 aromatic heterocycles. The van der Waals surface area contributed by atoms with E-state index < -0.39 is 46.7 Å². The zero-order chi connectivity index (χ0) is 24.7. The summed E-state index contributed by atoms with van der Waals surface area (Å²) >= 11 is 0. The van der Waals surface area contributed by atoms with E-state index in [-0.39, 0.29) is 12.6 Å². The van der Waals surface area contributed by atoms with E-state index in [2.05, 4.69) is 15.5 Å². The number of fused-ring (bicyclic) bond motifs is 1. The molecule has 1 N–H and O–H groups in total. The van der Waals surface area contributed by atoms with E-state index in [9.17, 15) is 35.9 Å². The fourth-order valence-corrected chi connectivity index (χ4v) is 3.23. The van der Waals surface area contributed by atoms with Crippen molar-refractivity contribution in [2.75, 3.05) is 6.54 Å². The van der Waals surface area contributed by atoms with E-state index in [0.717, 1.165) is 28.3 Å². The van der Waals surface area contributed by atoms with Gasteiger partial charge in [0.05, 0.1) is 17.7 Å². The molecule has 0 aliphatic carbocycles. The third-order valence-corrected chi connectivity index (χ3v) is 4.84. The van der Waals surface area contributed by atoms with Crippen LogP contribution in [0.4, 0.5) is 26.3 Å². The number of alkyl halides is 6. The Morgan fingerprint density at radius 2 is 1.71 bits per heavy atom. The Morgan fingerprint density at radius 1 is 1.03 bits per heavy atom. The number of halogens is 6. The zero-order valence-electron chi connectivity index (χ0n) is 16.9. The molecule has 8 nitrogen and oxygen atoms in total. The normalized spacial score (nSPS) is 14.5. The van der Waals surface area contributed by atoms with Crippen LogP contribution in [0.3, 0.4) is 0 Å². The summed E-state index contributed by atoms with van der Waals surface area (Å²) in [5, 5.41) is 4.92. The van der Waals surface area contributed by atoms with Crippen LogP contribution in [0.1, 0.15) is 21.6 Å². The third-order valence-electron chi connectivity index (χ3n) is 4.84. The lowest BCUT2D eigenvalue weighted by Gasteiger charge is -2.27. The molecule has 1 aliphatic rings. The van der Waals surface area contributed by atoms with Crippen molar-refractivity contribution in [3.8, 4) is 11.4 Å². The highest BCUT2D eigenvalue weighted by Gasteiger charge is 2.37. The van der Waals surface area contributed by atoms with Gasteiger partial charge in [-0.25, -0.2) is 14.7 Å². The first-order chi connectivity index (χ1) is 15.9. The van der Waals surface area contributed by atoms with Gasteiger partial charge in [-0.15, -0.1) is 5.10 Å². The minimum Gasteiger partial charge on any atom is -0.342 e. The lowest BCUT2D eigenvalue weighted by Crippen LogP contribution is -2.50. The molecule has 0 unspecified atom stereocenters. The van der Waals surface area contributed by atoms with E-state index in [1.807, 2.05) is 0 Å². The number of carbonyl (C=O) groups is 2. The van der Waals surface area contributed by atoms with Crippen molar-refractivity contribution in [1.29, 1.82) is 0 Å². The molecule has 178 valence electrons. The smallest absolute Gasteiger partial charge is 0.342 e. The SMILES string of the molecule is O=C(/C=C\n1cnc(-c2cc(C(F)(F)F)cc(C(F)(F)F)c2)n1)NN1CCn2cccc2C1=O. The molecule has 0 bridgehead atoms. The van der Waals surface area contributed by atoms with Crippen LogP contribution in [0, 0.1) is 0 Å². The maximum atomic E-state index is 13.1. The fraction of sp³-hybridized carbons (Fsp3) is 0.200. The molecular formula is C20H14F6N6O2. The van der Waals surface area contributed by atoms with Crippen LogP contribution < -0.4 is 5.43 Å². The Labute approximate surface area is 187 Å². The summed E-state index contributed by atoms with van der Waals surface area (Å²) in [5.74, 6) is -1.52. The van der Waals surface area contributed by atoms with Gasteiger partial charge in [0.2, 0.25) is 0 Å². The van der Waals surface area contributed by atoms with Crippen molar-refractivity contribution in [3.63, 3.8) is 0 Å². The first-order valence-corrected chi connectivity index (χ1v) is 9.58. The van der Waals surface area contributed by atoms with Gasteiger partial charge in [0, 0.05) is 30.6 Å². The summed E-state index contributed by atoms with van der Waals surface area (Å²) in [6.07, 6.45) is -5.22. The molecule has 0 spiro atoms. The number of nitrogens with one attached hydrogen (secondary N) is 1. The summed E-state index contributed by atoms with van der Waals surface area (Å²) in [4.78, 5) is 28.2. The molecule has 1 aliphatic heterocycles. The van der Waals surface area contributed by atoms with E-state index in [1.165, 1.54) is 0 Å². The number of aromatic nitrogens is 4. The summed E-state index contributed by atoms with van der Waals surface area (Å²) < 4.78 is 81.0. The summed E-state index contributed by atoms with van der Waals surface area (Å²) in [5.41, 5.74) is -0.709. The van der Waals surface area contributed by atoms with Gasteiger partial charge in [-0.3, -0.25) is 15.0 Å². The number of amides is 2. The summed E-state index contributed by atoms with van der Waals surface area (Å²) in [6, 6.07) is 4.31. The van der Waals surface area contributed by atoms with Gasteiger partial charge in [-0.05, 0) is 30.3 Å². The molecule has 4 rings (SSSR count). The van der Waals surface area contributed by atoms with Crippen LogP contribution in [-0.2, 0) is 23.7 Å². The quantitative estimate of drug-likeness (QED) is 0.454. The van der Waals surface area contributed by atoms with Crippen LogP contribution >= 0.6 is 0 Å². The topological polar surface area (TPSA) is 85.1 Å². The molecule has 3 heterocycles. The van der Waals surface area contributed by atoms with E-state index in [4.69, 9.17) is 0 Å². The Morgan fingerprint density at radius 3 is 2.35 bits per heavy atom. The Bertz CT molecular complexity index is 1240. The summed E-state index contributed by atoms with van der Waals surface area (Å²) in [7, 11) is 0. The van der Waals surface area contributed by atoms with Crippen LogP contribution in [-0.4, -0.2) is 42.7 Å². The molecule has 0 atom stereocenters. The molecule has 0 saturated heterocycles. The van der Waals surface area contributed by atoms with Crippen LogP contribution in [0.5, 0.6) is 0 Å². The highest BCUT2D eigenvalue weighted by molar-refractivity contribution is 5.97.